The predicted molar refractivity (Wildman–Crippen MR) is 58.1 cm³/mol. The van der Waals surface area contributed by atoms with E-state index in [0.29, 0.717) is 6.42 Å². The number of rotatable bonds is 3. The van der Waals surface area contributed by atoms with Crippen LogP contribution in [0.2, 0.25) is 0 Å². The second-order valence-corrected chi connectivity index (χ2v) is 3.85. The number of nitrogens with zero attached hydrogens (tertiary/aromatic N) is 1. The summed E-state index contributed by atoms with van der Waals surface area (Å²) in [5.41, 5.74) is -1.80. The van der Waals surface area contributed by atoms with Crippen LogP contribution < -0.4 is 5.32 Å². The van der Waals surface area contributed by atoms with E-state index in [2.05, 4.69) is 5.32 Å². The molecule has 0 fully saturated rings. The lowest BCUT2D eigenvalue weighted by molar-refractivity contribution is 0.0914. The Morgan fingerprint density at radius 1 is 1.47 bits per heavy atom. The first-order valence-corrected chi connectivity index (χ1v) is 5.11. The summed E-state index contributed by atoms with van der Waals surface area (Å²) in [5, 5.41) is 11.2. The minimum atomic E-state index is -1.13. The first-order valence-electron chi connectivity index (χ1n) is 5.11. The molecule has 1 amide bonds. The number of amides is 1. The molecule has 0 aliphatic heterocycles. The molecule has 1 rings (SSSR count). The minimum absolute atomic E-state index is 0.339. The lowest BCUT2D eigenvalue weighted by atomic mass is 10.0. The van der Waals surface area contributed by atoms with Crippen LogP contribution in [0.15, 0.2) is 18.2 Å². The van der Waals surface area contributed by atoms with Gasteiger partial charge in [0.2, 0.25) is 0 Å². The average Bonchev–Trinajstić information content (AvgIpc) is 2.28. The van der Waals surface area contributed by atoms with Gasteiger partial charge < -0.3 is 5.32 Å². The molecule has 1 aromatic rings. The zero-order chi connectivity index (χ0) is 13.1. The molecule has 0 saturated carbocycles. The number of hydrogen-bond acceptors (Lipinski definition) is 2. The van der Waals surface area contributed by atoms with Crippen LogP contribution in [0.25, 0.3) is 0 Å². The SMILES string of the molecule is CCC(C)(C#N)NC(=O)c1c(F)cccc1F. The molecule has 1 unspecified atom stereocenters. The first kappa shape index (κ1) is 13.1. The highest BCUT2D eigenvalue weighted by atomic mass is 19.1. The molecule has 0 heterocycles. The highest BCUT2D eigenvalue weighted by Gasteiger charge is 2.27. The summed E-state index contributed by atoms with van der Waals surface area (Å²) in [5.74, 6) is -2.82. The van der Waals surface area contributed by atoms with Gasteiger partial charge in [-0.1, -0.05) is 13.0 Å². The maximum absolute atomic E-state index is 13.3. The van der Waals surface area contributed by atoms with Crippen molar-refractivity contribution in [3.63, 3.8) is 0 Å². The Labute approximate surface area is 98.1 Å². The summed E-state index contributed by atoms with van der Waals surface area (Å²) < 4.78 is 26.6. The standard InChI is InChI=1S/C12H12F2N2O/c1-3-12(2,7-15)16-11(17)10-8(13)5-4-6-9(10)14/h4-6H,3H2,1-2H3,(H,16,17). The van der Waals surface area contributed by atoms with E-state index >= 15 is 0 Å². The Kier molecular flexibility index (Phi) is 3.79. The van der Waals surface area contributed by atoms with Crippen LogP contribution in [0.3, 0.4) is 0 Å². The number of halogens is 2. The smallest absolute Gasteiger partial charge is 0.258 e. The van der Waals surface area contributed by atoms with Crippen molar-refractivity contribution in [2.75, 3.05) is 0 Å². The highest BCUT2D eigenvalue weighted by Crippen LogP contribution is 2.14. The van der Waals surface area contributed by atoms with Crippen molar-refractivity contribution < 1.29 is 13.6 Å². The Hall–Kier alpha value is -1.96. The van der Waals surface area contributed by atoms with Gasteiger partial charge in [0.05, 0.1) is 6.07 Å². The molecule has 5 heteroatoms. The van der Waals surface area contributed by atoms with Crippen molar-refractivity contribution in [2.45, 2.75) is 25.8 Å². The Morgan fingerprint density at radius 3 is 2.41 bits per heavy atom. The third-order valence-electron chi connectivity index (χ3n) is 2.53. The zero-order valence-corrected chi connectivity index (χ0v) is 9.55. The summed E-state index contributed by atoms with van der Waals surface area (Å²) in [6.45, 7) is 3.19. The summed E-state index contributed by atoms with van der Waals surface area (Å²) in [7, 11) is 0. The molecule has 0 spiro atoms. The van der Waals surface area contributed by atoms with Gasteiger partial charge in [-0.15, -0.1) is 0 Å². The second kappa shape index (κ2) is 4.91. The number of nitrogens with one attached hydrogen (secondary N) is 1. The van der Waals surface area contributed by atoms with Gasteiger partial charge >= 0.3 is 0 Å². The predicted octanol–water partition coefficient (Wildman–Crippen LogP) is 2.39. The first-order chi connectivity index (χ1) is 7.93. The van der Waals surface area contributed by atoms with Crippen LogP contribution in [0.5, 0.6) is 0 Å². The highest BCUT2D eigenvalue weighted by molar-refractivity contribution is 5.95. The van der Waals surface area contributed by atoms with E-state index in [-0.39, 0.29) is 0 Å². The maximum atomic E-state index is 13.3. The van der Waals surface area contributed by atoms with Crippen LogP contribution in [-0.4, -0.2) is 11.4 Å². The summed E-state index contributed by atoms with van der Waals surface area (Å²) in [6.07, 6.45) is 0.339. The molecule has 0 aliphatic carbocycles. The Bertz CT molecular complexity index is 462. The molecule has 1 N–H and O–H groups in total. The van der Waals surface area contributed by atoms with E-state index < -0.39 is 28.6 Å². The fourth-order valence-electron chi connectivity index (χ4n) is 1.22. The summed E-state index contributed by atoms with van der Waals surface area (Å²) >= 11 is 0. The quantitative estimate of drug-likeness (QED) is 0.879. The summed E-state index contributed by atoms with van der Waals surface area (Å²) in [6, 6.07) is 5.05. The molecule has 17 heavy (non-hydrogen) atoms. The molecule has 0 aliphatic rings. The Morgan fingerprint density at radius 2 is 2.00 bits per heavy atom. The molecule has 0 saturated heterocycles. The second-order valence-electron chi connectivity index (χ2n) is 3.85. The summed E-state index contributed by atoms with van der Waals surface area (Å²) in [4.78, 5) is 11.7. The van der Waals surface area contributed by atoms with E-state index in [9.17, 15) is 13.6 Å². The van der Waals surface area contributed by atoms with Gasteiger partial charge in [0.15, 0.2) is 0 Å². The number of carbonyl (C=O) groups excluding carboxylic acids is 1. The average molecular weight is 238 g/mol. The van der Waals surface area contributed by atoms with Gasteiger partial charge in [-0.25, -0.2) is 8.78 Å². The van der Waals surface area contributed by atoms with Crippen molar-refractivity contribution in [3.8, 4) is 6.07 Å². The molecule has 0 bridgehead atoms. The molecule has 0 aromatic heterocycles. The zero-order valence-electron chi connectivity index (χ0n) is 9.55. The molecule has 1 atom stereocenters. The van der Waals surface area contributed by atoms with Gasteiger partial charge in [-0.3, -0.25) is 4.79 Å². The molecular formula is C12H12F2N2O. The van der Waals surface area contributed by atoms with Crippen LogP contribution >= 0.6 is 0 Å². The van der Waals surface area contributed by atoms with Crippen LogP contribution in [-0.2, 0) is 0 Å². The fraction of sp³-hybridized carbons (Fsp3) is 0.333. The maximum Gasteiger partial charge on any atom is 0.258 e. The van der Waals surface area contributed by atoms with Crippen molar-refractivity contribution in [1.29, 1.82) is 5.26 Å². The van der Waals surface area contributed by atoms with E-state index in [4.69, 9.17) is 5.26 Å². The molecule has 90 valence electrons. The van der Waals surface area contributed by atoms with E-state index in [1.54, 1.807) is 6.92 Å². The van der Waals surface area contributed by atoms with Crippen molar-refractivity contribution in [2.24, 2.45) is 0 Å². The van der Waals surface area contributed by atoms with Crippen molar-refractivity contribution in [3.05, 3.63) is 35.4 Å². The van der Waals surface area contributed by atoms with E-state index in [0.717, 1.165) is 12.1 Å². The molecule has 0 radical (unpaired) electrons. The molecule has 3 nitrogen and oxygen atoms in total. The third kappa shape index (κ3) is 2.78. The van der Waals surface area contributed by atoms with Gasteiger partial charge in [0.25, 0.3) is 5.91 Å². The normalized spacial score (nSPS) is 13.6. The van der Waals surface area contributed by atoms with Crippen LogP contribution in [0, 0.1) is 23.0 Å². The minimum Gasteiger partial charge on any atom is -0.334 e. The topological polar surface area (TPSA) is 52.9 Å². The molecule has 1 aromatic carbocycles. The van der Waals surface area contributed by atoms with Gasteiger partial charge in [0.1, 0.15) is 22.7 Å². The van der Waals surface area contributed by atoms with Crippen molar-refractivity contribution >= 4 is 5.91 Å². The lowest BCUT2D eigenvalue weighted by Crippen LogP contribution is -2.44. The Balaban J connectivity index is 3.03. The lowest BCUT2D eigenvalue weighted by Gasteiger charge is -2.21. The van der Waals surface area contributed by atoms with Crippen LogP contribution in [0.1, 0.15) is 30.6 Å². The number of nitriles is 1. The molecular weight excluding hydrogens is 226 g/mol. The largest absolute Gasteiger partial charge is 0.334 e. The van der Waals surface area contributed by atoms with Gasteiger partial charge in [-0.05, 0) is 25.5 Å². The number of benzene rings is 1. The number of carbonyl (C=O) groups is 1. The van der Waals surface area contributed by atoms with E-state index in [1.165, 1.54) is 13.0 Å². The van der Waals surface area contributed by atoms with Crippen LogP contribution in [0.4, 0.5) is 8.78 Å². The van der Waals surface area contributed by atoms with Gasteiger partial charge in [-0.2, -0.15) is 5.26 Å². The monoisotopic (exact) mass is 238 g/mol. The number of hydrogen-bond donors (Lipinski definition) is 1. The van der Waals surface area contributed by atoms with Gasteiger partial charge in [0, 0.05) is 0 Å². The van der Waals surface area contributed by atoms with E-state index in [1.807, 2.05) is 6.07 Å². The fourth-order valence-corrected chi connectivity index (χ4v) is 1.22. The van der Waals surface area contributed by atoms with Crippen molar-refractivity contribution in [1.82, 2.24) is 5.32 Å². The third-order valence-corrected chi connectivity index (χ3v) is 2.53.